The zero-order chi connectivity index (χ0) is 10.0. The second kappa shape index (κ2) is 4.59. The maximum absolute atomic E-state index is 12.8. The number of halogens is 5. The standard InChI is InChI=1S/C7H4BrF3IN/c8-1-3-4(6(9)10)2-13-7(11)5(3)12/h2,6H,1H2. The van der Waals surface area contributed by atoms with E-state index in [1.54, 1.807) is 22.6 Å². The van der Waals surface area contributed by atoms with Gasteiger partial charge in [-0.05, 0) is 28.2 Å². The van der Waals surface area contributed by atoms with Crippen molar-refractivity contribution in [1.29, 1.82) is 0 Å². The van der Waals surface area contributed by atoms with E-state index in [2.05, 4.69) is 20.9 Å². The van der Waals surface area contributed by atoms with Gasteiger partial charge in [0, 0.05) is 17.1 Å². The van der Waals surface area contributed by atoms with Crippen molar-refractivity contribution < 1.29 is 13.2 Å². The molecule has 1 aromatic rings. The first-order chi connectivity index (χ1) is 6.07. The van der Waals surface area contributed by atoms with Crippen LogP contribution < -0.4 is 0 Å². The Morgan fingerprint density at radius 2 is 2.15 bits per heavy atom. The number of alkyl halides is 3. The molecule has 0 aliphatic rings. The number of pyridine rings is 1. The molecule has 0 fully saturated rings. The van der Waals surface area contributed by atoms with Gasteiger partial charge in [0.15, 0.2) is 0 Å². The van der Waals surface area contributed by atoms with Crippen LogP contribution in [-0.4, -0.2) is 4.98 Å². The third-order valence-electron chi connectivity index (χ3n) is 1.48. The maximum atomic E-state index is 12.8. The van der Waals surface area contributed by atoms with Gasteiger partial charge in [-0.2, -0.15) is 4.39 Å². The molecule has 0 aliphatic carbocycles. The van der Waals surface area contributed by atoms with Crippen LogP contribution >= 0.6 is 38.5 Å². The summed E-state index contributed by atoms with van der Waals surface area (Å²) in [6.45, 7) is 0. The Labute approximate surface area is 95.0 Å². The fourth-order valence-electron chi connectivity index (χ4n) is 0.836. The number of hydrogen-bond acceptors (Lipinski definition) is 1. The minimum absolute atomic E-state index is 0.146. The lowest BCUT2D eigenvalue weighted by molar-refractivity contribution is 0.149. The molecule has 0 radical (unpaired) electrons. The Bertz CT molecular complexity index is 319. The summed E-state index contributed by atoms with van der Waals surface area (Å²) in [7, 11) is 0. The van der Waals surface area contributed by atoms with Crippen molar-refractivity contribution in [3.8, 4) is 0 Å². The third-order valence-corrected chi connectivity index (χ3v) is 3.14. The molecular weight excluding hydrogens is 362 g/mol. The number of rotatable bonds is 2. The molecule has 0 amide bonds. The molecule has 0 bridgehead atoms. The Kier molecular flexibility index (Phi) is 3.96. The van der Waals surface area contributed by atoms with Gasteiger partial charge in [0.25, 0.3) is 6.43 Å². The first kappa shape index (κ1) is 11.2. The lowest BCUT2D eigenvalue weighted by Gasteiger charge is -2.07. The smallest absolute Gasteiger partial charge is 0.227 e. The fraction of sp³-hybridized carbons (Fsp3) is 0.286. The topological polar surface area (TPSA) is 12.9 Å². The summed E-state index contributed by atoms with van der Waals surface area (Å²) in [5.74, 6) is -0.709. The summed E-state index contributed by atoms with van der Waals surface area (Å²) in [5, 5.41) is 0.199. The summed E-state index contributed by atoms with van der Waals surface area (Å²) < 4.78 is 37.7. The lowest BCUT2D eigenvalue weighted by atomic mass is 10.2. The molecule has 0 saturated carbocycles. The summed E-state index contributed by atoms with van der Waals surface area (Å²) >= 11 is 4.69. The molecule has 0 N–H and O–H groups in total. The van der Waals surface area contributed by atoms with Gasteiger partial charge < -0.3 is 0 Å². The van der Waals surface area contributed by atoms with E-state index >= 15 is 0 Å². The van der Waals surface area contributed by atoms with Crippen molar-refractivity contribution in [2.75, 3.05) is 0 Å². The largest absolute Gasteiger partial charge is 0.265 e. The van der Waals surface area contributed by atoms with E-state index in [1.807, 2.05) is 0 Å². The second-order valence-corrected chi connectivity index (χ2v) is 3.87. The zero-order valence-corrected chi connectivity index (χ0v) is 9.94. The molecule has 0 atom stereocenters. The van der Waals surface area contributed by atoms with Crippen molar-refractivity contribution in [2.45, 2.75) is 11.8 Å². The molecule has 0 unspecified atom stereocenters. The monoisotopic (exact) mass is 365 g/mol. The fourth-order valence-corrected chi connectivity index (χ4v) is 2.61. The van der Waals surface area contributed by atoms with Crippen LogP contribution in [0, 0.1) is 9.52 Å². The Morgan fingerprint density at radius 3 is 2.62 bits per heavy atom. The van der Waals surface area contributed by atoms with Gasteiger partial charge >= 0.3 is 0 Å². The minimum atomic E-state index is -2.62. The van der Waals surface area contributed by atoms with Gasteiger partial charge in [-0.25, -0.2) is 13.8 Å². The van der Waals surface area contributed by atoms with Crippen LogP contribution in [0.25, 0.3) is 0 Å². The van der Waals surface area contributed by atoms with Gasteiger partial charge in [-0.1, -0.05) is 15.9 Å². The Hall–Kier alpha value is 0.150. The number of aromatic nitrogens is 1. The first-order valence-corrected chi connectivity index (χ1v) is 5.44. The predicted octanol–water partition coefficient (Wildman–Crippen LogP) is 3.66. The Morgan fingerprint density at radius 1 is 1.54 bits per heavy atom. The van der Waals surface area contributed by atoms with Gasteiger partial charge in [0.05, 0.1) is 3.57 Å². The van der Waals surface area contributed by atoms with Gasteiger partial charge in [0.2, 0.25) is 5.95 Å². The summed E-state index contributed by atoms with van der Waals surface area (Å²) in [5.41, 5.74) is 0.0470. The van der Waals surface area contributed by atoms with Crippen molar-refractivity contribution in [2.24, 2.45) is 0 Å². The molecule has 72 valence electrons. The highest BCUT2D eigenvalue weighted by Crippen LogP contribution is 2.28. The van der Waals surface area contributed by atoms with E-state index in [0.29, 0.717) is 0 Å². The molecule has 0 aromatic carbocycles. The van der Waals surface area contributed by atoms with E-state index in [-0.39, 0.29) is 20.0 Å². The van der Waals surface area contributed by atoms with Crippen LogP contribution in [0.3, 0.4) is 0 Å². The van der Waals surface area contributed by atoms with E-state index in [9.17, 15) is 13.2 Å². The van der Waals surface area contributed by atoms with Crippen LogP contribution in [-0.2, 0) is 5.33 Å². The minimum Gasteiger partial charge on any atom is -0.227 e. The molecule has 0 aliphatic heterocycles. The number of hydrogen-bond donors (Lipinski definition) is 0. The lowest BCUT2D eigenvalue weighted by Crippen LogP contribution is -2.01. The van der Waals surface area contributed by atoms with Gasteiger partial charge in [0.1, 0.15) is 0 Å². The average molecular weight is 366 g/mol. The molecule has 6 heteroatoms. The van der Waals surface area contributed by atoms with E-state index in [4.69, 9.17) is 0 Å². The molecular formula is C7H4BrF3IN. The summed E-state index contributed by atoms with van der Waals surface area (Å²) in [6, 6.07) is 0. The van der Waals surface area contributed by atoms with Crippen LogP contribution in [0.5, 0.6) is 0 Å². The normalized spacial score (nSPS) is 10.9. The van der Waals surface area contributed by atoms with Crippen LogP contribution in [0.15, 0.2) is 6.20 Å². The predicted molar refractivity (Wildman–Crippen MR) is 54.5 cm³/mol. The third kappa shape index (κ3) is 2.34. The quantitative estimate of drug-likeness (QED) is 0.443. The number of nitrogens with zero attached hydrogens (tertiary/aromatic N) is 1. The highest BCUT2D eigenvalue weighted by molar-refractivity contribution is 14.1. The first-order valence-electron chi connectivity index (χ1n) is 3.24. The molecule has 1 nitrogen and oxygen atoms in total. The molecule has 1 heterocycles. The SMILES string of the molecule is Fc1ncc(C(F)F)c(CBr)c1I. The van der Waals surface area contributed by atoms with Crippen LogP contribution in [0.1, 0.15) is 17.6 Å². The summed E-state index contributed by atoms with van der Waals surface area (Å²) in [4.78, 5) is 3.23. The van der Waals surface area contributed by atoms with Gasteiger partial charge in [-0.15, -0.1) is 0 Å². The highest BCUT2D eigenvalue weighted by Gasteiger charge is 2.17. The second-order valence-electron chi connectivity index (χ2n) is 2.23. The van der Waals surface area contributed by atoms with Gasteiger partial charge in [-0.3, -0.25) is 0 Å². The van der Waals surface area contributed by atoms with E-state index in [0.717, 1.165) is 6.20 Å². The van der Waals surface area contributed by atoms with Crippen molar-refractivity contribution in [3.05, 3.63) is 26.8 Å². The Balaban J connectivity index is 3.30. The molecule has 0 saturated heterocycles. The maximum Gasteiger partial charge on any atom is 0.265 e. The van der Waals surface area contributed by atoms with Crippen molar-refractivity contribution in [3.63, 3.8) is 0 Å². The highest BCUT2D eigenvalue weighted by atomic mass is 127. The van der Waals surface area contributed by atoms with E-state index < -0.39 is 12.4 Å². The molecule has 1 aromatic heterocycles. The van der Waals surface area contributed by atoms with Crippen LogP contribution in [0.2, 0.25) is 0 Å². The van der Waals surface area contributed by atoms with Crippen LogP contribution in [0.4, 0.5) is 13.2 Å². The average Bonchev–Trinajstić information content (AvgIpc) is 2.09. The zero-order valence-electron chi connectivity index (χ0n) is 6.20. The molecule has 1 rings (SSSR count). The molecule has 0 spiro atoms. The molecule has 13 heavy (non-hydrogen) atoms. The van der Waals surface area contributed by atoms with Crippen molar-refractivity contribution in [1.82, 2.24) is 4.98 Å². The van der Waals surface area contributed by atoms with E-state index in [1.165, 1.54) is 0 Å². The van der Waals surface area contributed by atoms with Crippen molar-refractivity contribution >= 4 is 38.5 Å². The summed E-state index contributed by atoms with van der Waals surface area (Å²) in [6.07, 6.45) is -1.74.